The summed E-state index contributed by atoms with van der Waals surface area (Å²) >= 11 is 0. The molecule has 2 atom stereocenters. The van der Waals surface area contributed by atoms with Gasteiger partial charge in [0.2, 0.25) is 15.9 Å². The number of benzene rings is 2. The summed E-state index contributed by atoms with van der Waals surface area (Å²) in [5, 5.41) is 3.10. The van der Waals surface area contributed by atoms with Crippen molar-refractivity contribution in [1.82, 2.24) is 9.62 Å². The number of hydrogen-bond acceptors (Lipinski definition) is 3. The van der Waals surface area contributed by atoms with Gasteiger partial charge in [0, 0.05) is 13.1 Å². The quantitative estimate of drug-likeness (QED) is 0.668. The summed E-state index contributed by atoms with van der Waals surface area (Å²) in [4.78, 5) is 12.9. The summed E-state index contributed by atoms with van der Waals surface area (Å²) in [5.41, 5.74) is 4.59. The van der Waals surface area contributed by atoms with Crippen molar-refractivity contribution in [2.24, 2.45) is 5.92 Å². The van der Waals surface area contributed by atoms with Crippen LogP contribution >= 0.6 is 0 Å². The van der Waals surface area contributed by atoms with Crippen LogP contribution in [0.25, 0.3) is 0 Å². The van der Waals surface area contributed by atoms with Crippen molar-refractivity contribution in [2.75, 3.05) is 18.8 Å². The van der Waals surface area contributed by atoms with Gasteiger partial charge in [-0.15, -0.1) is 0 Å². The molecule has 3 rings (SSSR count). The molecule has 1 amide bonds. The molecule has 1 N–H and O–H groups in total. The van der Waals surface area contributed by atoms with Gasteiger partial charge in [0.25, 0.3) is 0 Å². The van der Waals surface area contributed by atoms with E-state index in [0.29, 0.717) is 19.4 Å². The third-order valence-corrected chi connectivity index (χ3v) is 8.03. The highest BCUT2D eigenvalue weighted by molar-refractivity contribution is 7.89. The lowest BCUT2D eigenvalue weighted by Crippen LogP contribution is -2.46. The zero-order valence-corrected chi connectivity index (χ0v) is 19.6. The highest BCUT2D eigenvalue weighted by atomic mass is 32.2. The Morgan fingerprint density at radius 3 is 2.61 bits per heavy atom. The van der Waals surface area contributed by atoms with E-state index in [0.717, 1.165) is 29.5 Å². The van der Waals surface area contributed by atoms with Crippen molar-refractivity contribution < 1.29 is 13.2 Å². The van der Waals surface area contributed by atoms with E-state index in [2.05, 4.69) is 37.4 Å². The number of aryl methyl sites for hydroxylation is 3. The molecular weight excluding hydrogens is 408 g/mol. The molecule has 1 fully saturated rings. The fraction of sp³-hybridized carbons (Fsp3) is 0.480. The van der Waals surface area contributed by atoms with Crippen LogP contribution in [0, 0.1) is 19.8 Å². The Kier molecular flexibility index (Phi) is 7.89. The largest absolute Gasteiger partial charge is 0.349 e. The van der Waals surface area contributed by atoms with Crippen LogP contribution in [0.2, 0.25) is 0 Å². The zero-order valence-electron chi connectivity index (χ0n) is 18.8. The number of hydrogen-bond donors (Lipinski definition) is 1. The molecule has 2 aromatic carbocycles. The van der Waals surface area contributed by atoms with Gasteiger partial charge in [0.05, 0.1) is 17.7 Å². The Hall–Kier alpha value is -2.18. The molecule has 31 heavy (non-hydrogen) atoms. The molecule has 1 aliphatic rings. The molecule has 0 spiro atoms. The lowest BCUT2D eigenvalue weighted by molar-refractivity contribution is -0.126. The zero-order chi connectivity index (χ0) is 22.4. The van der Waals surface area contributed by atoms with Crippen molar-refractivity contribution in [3.63, 3.8) is 0 Å². The van der Waals surface area contributed by atoms with Gasteiger partial charge in [-0.3, -0.25) is 4.79 Å². The topological polar surface area (TPSA) is 66.5 Å². The lowest BCUT2D eigenvalue weighted by atomic mass is 9.96. The number of sulfonamides is 1. The SMILES string of the molecule is Cc1ccc([C@H](C)NC(=O)[C@H]2CCCN(S(=O)(=O)CCCc3ccccc3)C2)c(C)c1. The van der Waals surface area contributed by atoms with E-state index in [1.807, 2.05) is 37.3 Å². The Balaban J connectivity index is 1.55. The molecule has 2 aromatic rings. The van der Waals surface area contributed by atoms with Crippen LogP contribution < -0.4 is 5.32 Å². The average molecular weight is 443 g/mol. The number of amides is 1. The lowest BCUT2D eigenvalue weighted by Gasteiger charge is -2.32. The molecular formula is C25H34N2O3S. The number of nitrogens with one attached hydrogen (secondary N) is 1. The Labute approximate surface area is 186 Å². The molecule has 0 bridgehead atoms. The van der Waals surface area contributed by atoms with E-state index in [9.17, 15) is 13.2 Å². The Morgan fingerprint density at radius 2 is 1.90 bits per heavy atom. The summed E-state index contributed by atoms with van der Waals surface area (Å²) < 4.78 is 27.2. The van der Waals surface area contributed by atoms with Crippen LogP contribution in [0.5, 0.6) is 0 Å². The van der Waals surface area contributed by atoms with Crippen molar-refractivity contribution in [3.8, 4) is 0 Å². The number of piperidine rings is 1. The molecule has 6 heteroatoms. The van der Waals surface area contributed by atoms with Gasteiger partial charge < -0.3 is 5.32 Å². The smallest absolute Gasteiger partial charge is 0.224 e. The van der Waals surface area contributed by atoms with Crippen LogP contribution in [0.15, 0.2) is 48.5 Å². The van der Waals surface area contributed by atoms with Crippen LogP contribution in [0.1, 0.15) is 54.5 Å². The van der Waals surface area contributed by atoms with Crippen LogP contribution in [0.3, 0.4) is 0 Å². The van der Waals surface area contributed by atoms with E-state index in [1.54, 1.807) is 0 Å². The van der Waals surface area contributed by atoms with Gasteiger partial charge in [0.15, 0.2) is 0 Å². The van der Waals surface area contributed by atoms with Crippen LogP contribution in [-0.2, 0) is 21.2 Å². The highest BCUT2D eigenvalue weighted by Crippen LogP contribution is 2.23. The maximum Gasteiger partial charge on any atom is 0.224 e. The number of nitrogens with zero attached hydrogens (tertiary/aromatic N) is 1. The fourth-order valence-corrected chi connectivity index (χ4v) is 5.94. The molecule has 1 aliphatic heterocycles. The first-order valence-corrected chi connectivity index (χ1v) is 12.8. The minimum absolute atomic E-state index is 0.0586. The second-order valence-electron chi connectivity index (χ2n) is 8.69. The normalized spacial score (nSPS) is 18.5. The Bertz CT molecular complexity index is 989. The third-order valence-electron chi connectivity index (χ3n) is 6.11. The summed E-state index contributed by atoms with van der Waals surface area (Å²) in [6.07, 6.45) is 2.77. The summed E-state index contributed by atoms with van der Waals surface area (Å²) in [7, 11) is -3.36. The van der Waals surface area contributed by atoms with Crippen molar-refractivity contribution >= 4 is 15.9 Å². The van der Waals surface area contributed by atoms with Crippen molar-refractivity contribution in [1.29, 1.82) is 0 Å². The van der Waals surface area contributed by atoms with Gasteiger partial charge in [-0.25, -0.2) is 12.7 Å². The van der Waals surface area contributed by atoms with Gasteiger partial charge in [-0.05, 0) is 63.1 Å². The van der Waals surface area contributed by atoms with Gasteiger partial charge in [-0.1, -0.05) is 54.1 Å². The predicted molar refractivity (Wildman–Crippen MR) is 125 cm³/mol. The summed E-state index contributed by atoms with van der Waals surface area (Å²) in [6.45, 7) is 6.87. The molecule has 0 saturated carbocycles. The number of carbonyl (C=O) groups is 1. The minimum atomic E-state index is -3.36. The standard InChI is InChI=1S/C25H34N2O3S/c1-19-13-14-24(20(2)17-19)21(3)26-25(28)23-12-7-15-27(18-23)31(29,30)16-8-11-22-9-5-4-6-10-22/h4-6,9-10,13-14,17,21,23H,7-8,11-12,15-16,18H2,1-3H3,(H,26,28)/t21-,23-/m0/s1. The summed E-state index contributed by atoms with van der Waals surface area (Å²) in [6, 6.07) is 16.0. The van der Waals surface area contributed by atoms with Crippen LogP contribution in [-0.4, -0.2) is 37.5 Å². The first-order valence-electron chi connectivity index (χ1n) is 11.2. The second kappa shape index (κ2) is 10.4. The predicted octanol–water partition coefficient (Wildman–Crippen LogP) is 4.16. The number of rotatable bonds is 8. The maximum absolute atomic E-state index is 12.9. The summed E-state index contributed by atoms with van der Waals surface area (Å²) in [5.74, 6) is -0.239. The first kappa shape index (κ1) is 23.5. The Morgan fingerprint density at radius 1 is 1.16 bits per heavy atom. The molecule has 1 saturated heterocycles. The van der Waals surface area contributed by atoms with Crippen molar-refractivity contribution in [2.45, 2.75) is 52.5 Å². The molecule has 0 radical (unpaired) electrons. The molecule has 168 valence electrons. The van der Waals surface area contributed by atoms with E-state index < -0.39 is 10.0 Å². The van der Waals surface area contributed by atoms with Crippen molar-refractivity contribution in [3.05, 3.63) is 70.8 Å². The van der Waals surface area contributed by atoms with E-state index >= 15 is 0 Å². The molecule has 0 unspecified atom stereocenters. The van der Waals surface area contributed by atoms with E-state index in [-0.39, 0.29) is 30.2 Å². The monoisotopic (exact) mass is 442 g/mol. The first-order chi connectivity index (χ1) is 14.8. The average Bonchev–Trinajstić information content (AvgIpc) is 2.74. The van der Waals surface area contributed by atoms with E-state index in [1.165, 1.54) is 9.87 Å². The maximum atomic E-state index is 12.9. The second-order valence-corrected chi connectivity index (χ2v) is 10.8. The molecule has 0 aliphatic carbocycles. The minimum Gasteiger partial charge on any atom is -0.349 e. The highest BCUT2D eigenvalue weighted by Gasteiger charge is 2.32. The van der Waals surface area contributed by atoms with Crippen LogP contribution in [0.4, 0.5) is 0 Å². The molecule has 1 heterocycles. The third kappa shape index (κ3) is 6.40. The van der Waals surface area contributed by atoms with Gasteiger partial charge >= 0.3 is 0 Å². The molecule has 5 nitrogen and oxygen atoms in total. The van der Waals surface area contributed by atoms with E-state index in [4.69, 9.17) is 0 Å². The van der Waals surface area contributed by atoms with Gasteiger partial charge in [-0.2, -0.15) is 0 Å². The number of carbonyl (C=O) groups excluding carboxylic acids is 1. The fourth-order valence-electron chi connectivity index (χ4n) is 4.36. The van der Waals surface area contributed by atoms with Gasteiger partial charge in [0.1, 0.15) is 0 Å². The molecule has 0 aromatic heterocycles.